The minimum atomic E-state index is -3.35. The third-order valence-corrected chi connectivity index (χ3v) is 8.12. The monoisotopic (exact) mass is 319 g/mol. The summed E-state index contributed by atoms with van der Waals surface area (Å²) in [4.78, 5) is 1.24. The molecule has 1 aromatic rings. The fourth-order valence-electron chi connectivity index (χ4n) is 3.44. The van der Waals surface area contributed by atoms with E-state index in [-0.39, 0.29) is 5.88 Å². The van der Waals surface area contributed by atoms with Crippen molar-refractivity contribution in [1.29, 1.82) is 0 Å². The minimum Gasteiger partial charge on any atom is -0.207 e. The van der Waals surface area contributed by atoms with Crippen LogP contribution in [-0.4, -0.2) is 25.8 Å². The van der Waals surface area contributed by atoms with Crippen LogP contribution in [-0.2, 0) is 15.9 Å². The van der Waals surface area contributed by atoms with Crippen molar-refractivity contribution in [3.63, 3.8) is 0 Å². The Labute approximate surface area is 123 Å². The second-order valence-corrected chi connectivity index (χ2v) is 8.68. The van der Waals surface area contributed by atoms with E-state index in [1.165, 1.54) is 30.6 Å². The molecule has 1 aliphatic heterocycles. The maximum absolute atomic E-state index is 12.8. The molecule has 3 rings (SSSR count). The van der Waals surface area contributed by atoms with Gasteiger partial charge in [0.25, 0.3) is 0 Å². The van der Waals surface area contributed by atoms with Crippen LogP contribution in [0.5, 0.6) is 0 Å². The molecule has 3 nitrogen and oxygen atoms in total. The molecule has 2 unspecified atom stereocenters. The van der Waals surface area contributed by atoms with Gasteiger partial charge in [-0.15, -0.1) is 22.9 Å². The Morgan fingerprint density at radius 3 is 2.58 bits per heavy atom. The first-order valence-corrected chi connectivity index (χ1v) is 9.52. The Balaban J connectivity index is 1.93. The molecule has 0 aromatic carbocycles. The van der Waals surface area contributed by atoms with Gasteiger partial charge in [0, 0.05) is 18.0 Å². The van der Waals surface area contributed by atoms with Gasteiger partial charge >= 0.3 is 0 Å². The fourth-order valence-corrected chi connectivity index (χ4v) is 7.01. The molecule has 2 heterocycles. The number of hydrogen-bond acceptors (Lipinski definition) is 3. The van der Waals surface area contributed by atoms with E-state index in [4.69, 9.17) is 11.6 Å². The molecule has 2 fully saturated rings. The van der Waals surface area contributed by atoms with Crippen LogP contribution in [0.2, 0.25) is 0 Å². The highest BCUT2D eigenvalue weighted by molar-refractivity contribution is 7.89. The number of halogens is 1. The number of sulfonamides is 1. The van der Waals surface area contributed by atoms with Gasteiger partial charge in [0.1, 0.15) is 4.90 Å². The molecule has 106 valence electrons. The molecule has 0 radical (unpaired) electrons. The Morgan fingerprint density at radius 1 is 1.37 bits per heavy atom. The predicted octanol–water partition coefficient (Wildman–Crippen LogP) is 3.22. The van der Waals surface area contributed by atoms with Crippen molar-refractivity contribution in [3.05, 3.63) is 15.8 Å². The summed E-state index contributed by atoms with van der Waals surface area (Å²) in [6.45, 7) is 3.25. The summed E-state index contributed by atoms with van der Waals surface area (Å²) in [5.41, 5.74) is 0.831. The number of nitrogens with zero attached hydrogens (tertiary/aromatic N) is 1. The highest BCUT2D eigenvalue weighted by Gasteiger charge is 2.42. The van der Waals surface area contributed by atoms with Crippen LogP contribution in [0.25, 0.3) is 0 Å². The van der Waals surface area contributed by atoms with E-state index in [1.807, 2.05) is 12.3 Å². The average molecular weight is 320 g/mol. The highest BCUT2D eigenvalue weighted by atomic mass is 35.5. The maximum atomic E-state index is 12.8. The summed E-state index contributed by atoms with van der Waals surface area (Å²) in [6, 6.07) is 0. The standard InChI is InChI=1S/C13H18ClNO2S2/c1-9-8-18-12(5-14)13(9)19(16,17)15-6-10-3-2-4-11(10)7-15/h8,10-11H,2-7H2,1H3. The number of alkyl halides is 1. The number of rotatable bonds is 3. The summed E-state index contributed by atoms with van der Waals surface area (Å²) in [7, 11) is -3.35. The first-order chi connectivity index (χ1) is 9.04. The Morgan fingerprint density at radius 2 is 2.00 bits per heavy atom. The quantitative estimate of drug-likeness (QED) is 0.802. The van der Waals surface area contributed by atoms with Gasteiger partial charge in [0.15, 0.2) is 0 Å². The van der Waals surface area contributed by atoms with Crippen LogP contribution in [0.3, 0.4) is 0 Å². The van der Waals surface area contributed by atoms with Gasteiger partial charge in [0.2, 0.25) is 10.0 Å². The van der Waals surface area contributed by atoms with Crippen molar-refractivity contribution < 1.29 is 8.42 Å². The van der Waals surface area contributed by atoms with Crippen LogP contribution in [0, 0.1) is 18.8 Å². The first-order valence-electron chi connectivity index (χ1n) is 6.67. The number of hydrogen-bond donors (Lipinski definition) is 0. The van der Waals surface area contributed by atoms with Crippen molar-refractivity contribution in [2.45, 2.75) is 37.0 Å². The van der Waals surface area contributed by atoms with Gasteiger partial charge in [-0.25, -0.2) is 8.42 Å². The topological polar surface area (TPSA) is 37.4 Å². The van der Waals surface area contributed by atoms with Crippen molar-refractivity contribution >= 4 is 33.0 Å². The van der Waals surface area contributed by atoms with Crippen molar-refractivity contribution in [2.75, 3.05) is 13.1 Å². The molecule has 0 amide bonds. The molecule has 1 aliphatic carbocycles. The van der Waals surface area contributed by atoms with Gasteiger partial charge in [-0.2, -0.15) is 4.31 Å². The van der Waals surface area contributed by atoms with Crippen LogP contribution >= 0.6 is 22.9 Å². The number of fused-ring (bicyclic) bond motifs is 1. The maximum Gasteiger partial charge on any atom is 0.244 e. The molecular formula is C13H18ClNO2S2. The molecule has 1 aromatic heterocycles. The Bertz CT molecular complexity index is 569. The number of aryl methyl sites for hydroxylation is 1. The van der Waals surface area contributed by atoms with Crippen LogP contribution in [0.15, 0.2) is 10.3 Å². The van der Waals surface area contributed by atoms with Crippen LogP contribution < -0.4 is 0 Å². The lowest BCUT2D eigenvalue weighted by Crippen LogP contribution is -2.30. The van der Waals surface area contributed by atoms with Crippen LogP contribution in [0.4, 0.5) is 0 Å². The zero-order chi connectivity index (χ0) is 13.6. The van der Waals surface area contributed by atoms with Gasteiger partial charge < -0.3 is 0 Å². The molecule has 0 bridgehead atoms. The Kier molecular flexibility index (Phi) is 3.67. The van der Waals surface area contributed by atoms with Gasteiger partial charge in [-0.3, -0.25) is 0 Å². The van der Waals surface area contributed by atoms with Crippen molar-refractivity contribution in [2.24, 2.45) is 11.8 Å². The molecule has 2 aliphatic rings. The first kappa shape index (κ1) is 13.9. The summed E-state index contributed by atoms with van der Waals surface area (Å²) < 4.78 is 27.3. The number of thiophene rings is 1. The predicted molar refractivity (Wildman–Crippen MR) is 78.2 cm³/mol. The Hall–Kier alpha value is -0.100. The molecule has 2 atom stereocenters. The third-order valence-electron chi connectivity index (χ3n) is 4.40. The molecule has 1 saturated carbocycles. The summed E-state index contributed by atoms with van der Waals surface area (Å²) in [6.07, 6.45) is 3.62. The second-order valence-electron chi connectivity index (χ2n) is 5.58. The van der Waals surface area contributed by atoms with E-state index < -0.39 is 10.0 Å². The van der Waals surface area contributed by atoms with Gasteiger partial charge in [-0.05, 0) is 42.5 Å². The minimum absolute atomic E-state index is 0.272. The third kappa shape index (κ3) is 2.24. The molecule has 0 spiro atoms. The van der Waals surface area contributed by atoms with E-state index >= 15 is 0 Å². The molecule has 1 saturated heterocycles. The summed E-state index contributed by atoms with van der Waals surface area (Å²) in [5, 5.41) is 1.89. The molecular weight excluding hydrogens is 302 g/mol. The lowest BCUT2D eigenvalue weighted by atomic mass is 10.0. The van der Waals surface area contributed by atoms with Gasteiger partial charge in [0.05, 0.1) is 5.88 Å². The normalized spacial score (nSPS) is 27.9. The van der Waals surface area contributed by atoms with E-state index in [1.54, 1.807) is 4.31 Å². The summed E-state index contributed by atoms with van der Waals surface area (Å²) in [5.74, 6) is 1.43. The smallest absolute Gasteiger partial charge is 0.207 e. The molecule has 0 N–H and O–H groups in total. The van der Waals surface area contributed by atoms with Crippen molar-refractivity contribution in [1.82, 2.24) is 4.31 Å². The fraction of sp³-hybridized carbons (Fsp3) is 0.692. The zero-order valence-electron chi connectivity index (χ0n) is 10.9. The zero-order valence-corrected chi connectivity index (χ0v) is 13.3. The van der Waals surface area contributed by atoms with Gasteiger partial charge in [-0.1, -0.05) is 6.42 Å². The second kappa shape index (κ2) is 5.02. The van der Waals surface area contributed by atoms with Crippen LogP contribution in [0.1, 0.15) is 29.7 Å². The average Bonchev–Trinajstić information content (AvgIpc) is 3.00. The lowest BCUT2D eigenvalue weighted by Gasteiger charge is -2.18. The largest absolute Gasteiger partial charge is 0.244 e. The van der Waals surface area contributed by atoms with E-state index in [0.717, 1.165) is 10.4 Å². The molecule has 6 heteroatoms. The van der Waals surface area contributed by atoms with E-state index in [0.29, 0.717) is 29.8 Å². The lowest BCUT2D eigenvalue weighted by molar-refractivity contribution is 0.445. The highest BCUT2D eigenvalue weighted by Crippen LogP contribution is 2.41. The van der Waals surface area contributed by atoms with Crippen molar-refractivity contribution in [3.8, 4) is 0 Å². The SMILES string of the molecule is Cc1csc(CCl)c1S(=O)(=O)N1CC2CCCC2C1. The summed E-state index contributed by atoms with van der Waals surface area (Å²) >= 11 is 7.33. The molecule has 19 heavy (non-hydrogen) atoms. The van der Waals surface area contributed by atoms with E-state index in [2.05, 4.69) is 0 Å². The van der Waals surface area contributed by atoms with E-state index in [9.17, 15) is 8.42 Å².